The summed E-state index contributed by atoms with van der Waals surface area (Å²) in [6.45, 7) is 1.82. The van der Waals surface area contributed by atoms with Gasteiger partial charge in [-0.25, -0.2) is 0 Å². The van der Waals surface area contributed by atoms with Crippen molar-refractivity contribution in [1.82, 2.24) is 0 Å². The fourth-order valence-corrected chi connectivity index (χ4v) is 2.02. The van der Waals surface area contributed by atoms with Gasteiger partial charge in [-0.15, -0.1) is 0 Å². The molecule has 0 aromatic heterocycles. The van der Waals surface area contributed by atoms with Gasteiger partial charge in [0, 0.05) is 0 Å². The van der Waals surface area contributed by atoms with Gasteiger partial charge in [0.25, 0.3) is 0 Å². The molecule has 0 saturated carbocycles. The first-order chi connectivity index (χ1) is 6.81. The quantitative estimate of drug-likeness (QED) is 0.411. The number of aryl methyl sites for hydroxylation is 2. The summed E-state index contributed by atoms with van der Waals surface area (Å²) < 4.78 is 0. The molecule has 0 aliphatic heterocycles. The molecule has 2 heteroatoms. The number of oxime groups is 1. The molecule has 0 saturated heterocycles. The summed E-state index contributed by atoms with van der Waals surface area (Å²) in [5, 5.41) is 11.9. The predicted octanol–water partition coefficient (Wildman–Crippen LogP) is 2.76. The van der Waals surface area contributed by atoms with Crippen LogP contribution in [-0.2, 0) is 12.8 Å². The van der Waals surface area contributed by atoms with E-state index in [1.165, 1.54) is 36.8 Å². The molecule has 0 amide bonds. The summed E-state index contributed by atoms with van der Waals surface area (Å²) in [7, 11) is 0. The number of hydrogen-bond donors (Lipinski definition) is 1. The molecule has 1 aliphatic carbocycles. The van der Waals surface area contributed by atoms with Gasteiger partial charge in [0.15, 0.2) is 0 Å². The van der Waals surface area contributed by atoms with E-state index in [1.807, 2.05) is 13.0 Å². The first kappa shape index (κ1) is 9.25. The van der Waals surface area contributed by atoms with Crippen LogP contribution in [0.15, 0.2) is 23.4 Å². The standard InChI is InChI=1S/C12H15NO/c1-9(13-14)11-7-6-10-4-2-3-5-12(10)8-11/h6-8,14H,2-5H2,1H3/b13-9-. The van der Waals surface area contributed by atoms with E-state index in [4.69, 9.17) is 5.21 Å². The summed E-state index contributed by atoms with van der Waals surface area (Å²) in [4.78, 5) is 0. The van der Waals surface area contributed by atoms with E-state index in [-0.39, 0.29) is 0 Å². The highest BCUT2D eigenvalue weighted by Crippen LogP contribution is 2.22. The van der Waals surface area contributed by atoms with E-state index in [9.17, 15) is 0 Å². The van der Waals surface area contributed by atoms with E-state index in [0.29, 0.717) is 5.71 Å². The van der Waals surface area contributed by atoms with E-state index in [1.54, 1.807) is 0 Å². The minimum atomic E-state index is 0.693. The van der Waals surface area contributed by atoms with Gasteiger partial charge in [-0.2, -0.15) is 0 Å². The van der Waals surface area contributed by atoms with Crippen LogP contribution in [-0.4, -0.2) is 10.9 Å². The molecular formula is C12H15NO. The Morgan fingerprint density at radius 1 is 1.21 bits per heavy atom. The molecule has 0 radical (unpaired) electrons. The average molecular weight is 189 g/mol. The maximum absolute atomic E-state index is 8.68. The molecule has 1 N–H and O–H groups in total. The Morgan fingerprint density at radius 2 is 1.93 bits per heavy atom. The zero-order chi connectivity index (χ0) is 9.97. The molecule has 0 spiro atoms. The van der Waals surface area contributed by atoms with Crippen LogP contribution in [0.1, 0.15) is 36.5 Å². The van der Waals surface area contributed by atoms with Gasteiger partial charge < -0.3 is 5.21 Å². The van der Waals surface area contributed by atoms with Gasteiger partial charge in [-0.05, 0) is 55.4 Å². The van der Waals surface area contributed by atoms with Crippen molar-refractivity contribution in [3.05, 3.63) is 34.9 Å². The van der Waals surface area contributed by atoms with Crippen molar-refractivity contribution in [1.29, 1.82) is 0 Å². The molecule has 0 fully saturated rings. The second-order valence-electron chi connectivity index (χ2n) is 3.88. The largest absolute Gasteiger partial charge is 0.411 e. The van der Waals surface area contributed by atoms with Gasteiger partial charge in [0.2, 0.25) is 0 Å². The SMILES string of the molecule is C/C(=N/O)c1ccc2c(c1)CCCC2. The lowest BCUT2D eigenvalue weighted by atomic mass is 9.90. The molecule has 74 valence electrons. The summed E-state index contributed by atoms with van der Waals surface area (Å²) >= 11 is 0. The Bertz CT molecular complexity index is 369. The number of nitrogens with zero attached hydrogens (tertiary/aromatic N) is 1. The predicted molar refractivity (Wildman–Crippen MR) is 57.1 cm³/mol. The molecule has 1 aliphatic rings. The van der Waals surface area contributed by atoms with Gasteiger partial charge in [0.1, 0.15) is 0 Å². The number of fused-ring (bicyclic) bond motifs is 1. The lowest BCUT2D eigenvalue weighted by Gasteiger charge is -2.16. The normalized spacial score (nSPS) is 16.5. The van der Waals surface area contributed by atoms with Gasteiger partial charge in [-0.3, -0.25) is 0 Å². The van der Waals surface area contributed by atoms with Crippen molar-refractivity contribution >= 4 is 5.71 Å². The van der Waals surface area contributed by atoms with Crippen molar-refractivity contribution in [2.45, 2.75) is 32.6 Å². The summed E-state index contributed by atoms with van der Waals surface area (Å²) in [5.41, 5.74) is 4.62. The third-order valence-electron chi connectivity index (χ3n) is 2.92. The highest BCUT2D eigenvalue weighted by molar-refractivity contribution is 5.98. The molecule has 0 heterocycles. The molecule has 1 aromatic carbocycles. The Kier molecular flexibility index (Phi) is 2.53. The molecule has 1 aromatic rings. The zero-order valence-electron chi connectivity index (χ0n) is 8.45. The lowest BCUT2D eigenvalue weighted by Crippen LogP contribution is -2.05. The molecule has 0 unspecified atom stereocenters. The Morgan fingerprint density at radius 3 is 2.64 bits per heavy atom. The van der Waals surface area contributed by atoms with Crippen molar-refractivity contribution in [3.8, 4) is 0 Å². The van der Waals surface area contributed by atoms with Gasteiger partial charge >= 0.3 is 0 Å². The van der Waals surface area contributed by atoms with Crippen molar-refractivity contribution in [2.75, 3.05) is 0 Å². The van der Waals surface area contributed by atoms with Crippen molar-refractivity contribution < 1.29 is 5.21 Å². The van der Waals surface area contributed by atoms with Crippen LogP contribution >= 0.6 is 0 Å². The minimum absolute atomic E-state index is 0.693. The summed E-state index contributed by atoms with van der Waals surface area (Å²) in [5.74, 6) is 0. The van der Waals surface area contributed by atoms with Crippen molar-refractivity contribution in [2.24, 2.45) is 5.16 Å². The highest BCUT2D eigenvalue weighted by Gasteiger charge is 2.10. The zero-order valence-corrected chi connectivity index (χ0v) is 8.45. The van der Waals surface area contributed by atoms with Crippen LogP contribution in [0.4, 0.5) is 0 Å². The monoisotopic (exact) mass is 189 g/mol. The molecular weight excluding hydrogens is 174 g/mol. The number of rotatable bonds is 1. The second kappa shape index (κ2) is 3.82. The van der Waals surface area contributed by atoms with Gasteiger partial charge in [-0.1, -0.05) is 17.3 Å². The Hall–Kier alpha value is -1.31. The third-order valence-corrected chi connectivity index (χ3v) is 2.92. The average Bonchev–Trinajstić information content (AvgIpc) is 2.27. The van der Waals surface area contributed by atoms with Crippen LogP contribution in [0.2, 0.25) is 0 Å². The van der Waals surface area contributed by atoms with Crippen LogP contribution in [0.5, 0.6) is 0 Å². The lowest BCUT2D eigenvalue weighted by molar-refractivity contribution is 0.319. The van der Waals surface area contributed by atoms with Crippen LogP contribution in [0.3, 0.4) is 0 Å². The van der Waals surface area contributed by atoms with E-state index >= 15 is 0 Å². The van der Waals surface area contributed by atoms with Gasteiger partial charge in [0.05, 0.1) is 5.71 Å². The molecule has 0 atom stereocenters. The molecule has 2 rings (SSSR count). The van der Waals surface area contributed by atoms with Crippen LogP contribution in [0, 0.1) is 0 Å². The fraction of sp³-hybridized carbons (Fsp3) is 0.417. The fourth-order valence-electron chi connectivity index (χ4n) is 2.02. The van der Waals surface area contributed by atoms with E-state index < -0.39 is 0 Å². The minimum Gasteiger partial charge on any atom is -0.411 e. The first-order valence-electron chi connectivity index (χ1n) is 5.12. The highest BCUT2D eigenvalue weighted by atomic mass is 16.4. The smallest absolute Gasteiger partial charge is 0.0837 e. The maximum atomic E-state index is 8.68. The van der Waals surface area contributed by atoms with E-state index in [0.717, 1.165) is 5.56 Å². The number of hydrogen-bond acceptors (Lipinski definition) is 2. The van der Waals surface area contributed by atoms with E-state index in [2.05, 4.69) is 17.3 Å². The topological polar surface area (TPSA) is 32.6 Å². The number of benzene rings is 1. The first-order valence-corrected chi connectivity index (χ1v) is 5.12. The van der Waals surface area contributed by atoms with Crippen LogP contribution < -0.4 is 0 Å². The maximum Gasteiger partial charge on any atom is 0.0837 e. The molecule has 14 heavy (non-hydrogen) atoms. The Balaban J connectivity index is 2.38. The van der Waals surface area contributed by atoms with Crippen molar-refractivity contribution in [3.63, 3.8) is 0 Å². The third kappa shape index (κ3) is 1.65. The van der Waals surface area contributed by atoms with Crippen LogP contribution in [0.25, 0.3) is 0 Å². The second-order valence-corrected chi connectivity index (χ2v) is 3.88. The summed E-state index contributed by atoms with van der Waals surface area (Å²) in [6, 6.07) is 6.36. The molecule has 2 nitrogen and oxygen atoms in total. The summed E-state index contributed by atoms with van der Waals surface area (Å²) in [6.07, 6.45) is 4.96. The molecule has 0 bridgehead atoms. The Labute approximate surface area is 84.3 Å².